The monoisotopic (exact) mass is 479 g/mol. The summed E-state index contributed by atoms with van der Waals surface area (Å²) < 4.78 is 15.9. The number of benzene rings is 2. The van der Waals surface area contributed by atoms with E-state index < -0.39 is 23.5 Å². The number of nitrogens with zero attached hydrogens (tertiary/aromatic N) is 1. The van der Waals surface area contributed by atoms with Crippen LogP contribution in [0.25, 0.3) is 5.76 Å². The summed E-state index contributed by atoms with van der Waals surface area (Å²) in [6.45, 7) is 0.644. The average Bonchev–Trinajstić information content (AvgIpc) is 3.03. The van der Waals surface area contributed by atoms with Gasteiger partial charge in [0, 0.05) is 30.8 Å². The molecule has 32 heavy (non-hydrogen) atoms. The molecule has 170 valence electrons. The molecule has 1 heterocycles. The maximum atomic E-state index is 13.1. The average molecular weight is 480 g/mol. The highest BCUT2D eigenvalue weighted by Gasteiger charge is 2.47. The minimum absolute atomic E-state index is 0.103. The number of halogens is 2. The smallest absolute Gasteiger partial charge is 0.295 e. The van der Waals surface area contributed by atoms with Crippen LogP contribution in [0, 0.1) is 0 Å². The Bertz CT molecular complexity index is 1070. The topological polar surface area (TPSA) is 85.3 Å². The maximum absolute atomic E-state index is 13.1. The van der Waals surface area contributed by atoms with Crippen LogP contribution in [0.2, 0.25) is 10.0 Å². The molecule has 1 aliphatic heterocycles. The van der Waals surface area contributed by atoms with Crippen molar-refractivity contribution < 1.29 is 28.9 Å². The van der Waals surface area contributed by atoms with E-state index >= 15 is 0 Å². The molecule has 1 fully saturated rings. The molecule has 1 atom stereocenters. The van der Waals surface area contributed by atoms with E-state index in [0.29, 0.717) is 24.3 Å². The van der Waals surface area contributed by atoms with Crippen LogP contribution in [0.3, 0.4) is 0 Å². The van der Waals surface area contributed by atoms with E-state index in [4.69, 9.17) is 37.4 Å². The van der Waals surface area contributed by atoms with Gasteiger partial charge in [0.1, 0.15) is 17.3 Å². The normalized spacial score (nSPS) is 17.7. The lowest BCUT2D eigenvalue weighted by Crippen LogP contribution is -2.31. The molecular weight excluding hydrogens is 457 g/mol. The van der Waals surface area contributed by atoms with Gasteiger partial charge in [-0.1, -0.05) is 41.4 Å². The van der Waals surface area contributed by atoms with Gasteiger partial charge in [-0.15, -0.1) is 0 Å². The summed E-state index contributed by atoms with van der Waals surface area (Å²) in [4.78, 5) is 27.5. The van der Waals surface area contributed by atoms with Gasteiger partial charge >= 0.3 is 0 Å². The first-order valence-corrected chi connectivity index (χ1v) is 10.5. The Balaban J connectivity index is 2.26. The first kappa shape index (κ1) is 23.9. The van der Waals surface area contributed by atoms with Crippen molar-refractivity contribution in [2.45, 2.75) is 12.5 Å². The van der Waals surface area contributed by atoms with Crippen molar-refractivity contribution in [3.63, 3.8) is 0 Å². The van der Waals surface area contributed by atoms with Crippen LogP contribution in [0.1, 0.15) is 23.6 Å². The molecule has 0 saturated carbocycles. The van der Waals surface area contributed by atoms with Crippen molar-refractivity contribution in [3.8, 4) is 11.5 Å². The number of ether oxygens (including phenoxy) is 3. The highest BCUT2D eigenvalue weighted by atomic mass is 35.5. The van der Waals surface area contributed by atoms with Crippen molar-refractivity contribution in [3.05, 3.63) is 63.1 Å². The number of amides is 1. The summed E-state index contributed by atoms with van der Waals surface area (Å²) in [6.07, 6.45) is 0.502. The summed E-state index contributed by atoms with van der Waals surface area (Å²) in [5.74, 6) is -1.38. The quantitative estimate of drug-likeness (QED) is 0.260. The van der Waals surface area contributed by atoms with E-state index in [1.54, 1.807) is 31.4 Å². The van der Waals surface area contributed by atoms with E-state index in [2.05, 4.69) is 0 Å². The molecule has 0 aromatic heterocycles. The van der Waals surface area contributed by atoms with Crippen LogP contribution < -0.4 is 9.47 Å². The van der Waals surface area contributed by atoms with Crippen LogP contribution >= 0.6 is 23.2 Å². The number of para-hydroxylation sites is 1. The molecular formula is C23H23Cl2NO6. The molecule has 0 bridgehead atoms. The lowest BCUT2D eigenvalue weighted by atomic mass is 9.94. The van der Waals surface area contributed by atoms with E-state index in [0.717, 1.165) is 0 Å². The molecule has 1 saturated heterocycles. The third-order valence-corrected chi connectivity index (χ3v) is 5.69. The molecule has 1 N–H and O–H groups in total. The van der Waals surface area contributed by atoms with Crippen molar-refractivity contribution in [2.24, 2.45) is 0 Å². The zero-order chi connectivity index (χ0) is 23.4. The Hall–Kier alpha value is -2.74. The SMILES string of the molecule is COCCCN1C(=O)C(=O)/C(=C(/O)c2cc(Cl)cc(Cl)c2OC)C1c1ccccc1OC. The molecule has 1 unspecified atom stereocenters. The van der Waals surface area contributed by atoms with Crippen molar-refractivity contribution in [1.29, 1.82) is 0 Å². The Morgan fingerprint density at radius 2 is 1.81 bits per heavy atom. The van der Waals surface area contributed by atoms with Crippen LogP contribution in [-0.4, -0.2) is 56.2 Å². The highest BCUT2D eigenvalue weighted by Crippen LogP contribution is 2.45. The van der Waals surface area contributed by atoms with Gasteiger partial charge in [0.15, 0.2) is 0 Å². The maximum Gasteiger partial charge on any atom is 0.295 e. The summed E-state index contributed by atoms with van der Waals surface area (Å²) in [5, 5.41) is 11.7. The number of carbonyl (C=O) groups is 2. The van der Waals surface area contributed by atoms with Gasteiger partial charge in [0.2, 0.25) is 0 Å². The van der Waals surface area contributed by atoms with Crippen LogP contribution in [0.5, 0.6) is 11.5 Å². The summed E-state index contributed by atoms with van der Waals surface area (Å²) in [7, 11) is 4.43. The number of hydrogen-bond donors (Lipinski definition) is 1. The number of carbonyl (C=O) groups excluding carboxylic acids is 2. The fourth-order valence-corrected chi connectivity index (χ4v) is 4.36. The molecule has 0 spiro atoms. The first-order chi connectivity index (χ1) is 15.3. The fourth-order valence-electron chi connectivity index (χ4n) is 3.79. The molecule has 0 aliphatic carbocycles. The standard InChI is InChI=1S/C23H23Cl2NO6/c1-30-10-6-9-26-19(14-7-4-5-8-17(14)31-2)18(21(28)23(26)29)20(27)15-11-13(24)12-16(25)22(15)32-3/h4-5,7-8,11-12,19,27H,6,9-10H2,1-3H3/b20-18+. The molecule has 1 aliphatic rings. The summed E-state index contributed by atoms with van der Waals surface area (Å²) >= 11 is 12.4. The van der Waals surface area contributed by atoms with Crippen molar-refractivity contribution >= 4 is 40.7 Å². The largest absolute Gasteiger partial charge is 0.507 e. The Labute approximate surface area is 196 Å². The second kappa shape index (κ2) is 10.3. The summed E-state index contributed by atoms with van der Waals surface area (Å²) in [6, 6.07) is 9.02. The van der Waals surface area contributed by atoms with Gasteiger partial charge in [0.05, 0.1) is 36.4 Å². The lowest BCUT2D eigenvalue weighted by Gasteiger charge is -2.26. The highest BCUT2D eigenvalue weighted by molar-refractivity contribution is 6.46. The number of hydrogen-bond acceptors (Lipinski definition) is 6. The molecule has 3 rings (SSSR count). The van der Waals surface area contributed by atoms with Gasteiger partial charge in [-0.3, -0.25) is 9.59 Å². The Kier molecular flexibility index (Phi) is 7.66. The predicted molar refractivity (Wildman–Crippen MR) is 122 cm³/mol. The van der Waals surface area contributed by atoms with Gasteiger partial charge in [-0.05, 0) is 24.6 Å². The molecule has 7 nitrogen and oxygen atoms in total. The zero-order valence-corrected chi connectivity index (χ0v) is 19.4. The van der Waals surface area contributed by atoms with Crippen molar-refractivity contribution in [1.82, 2.24) is 4.90 Å². The van der Waals surface area contributed by atoms with Gasteiger partial charge in [-0.2, -0.15) is 0 Å². The van der Waals surface area contributed by atoms with Crippen LogP contribution in [0.4, 0.5) is 0 Å². The fraction of sp³-hybridized carbons (Fsp3) is 0.304. The minimum atomic E-state index is -0.884. The second-order valence-corrected chi connectivity index (χ2v) is 7.89. The zero-order valence-electron chi connectivity index (χ0n) is 17.9. The van der Waals surface area contributed by atoms with Crippen LogP contribution in [-0.2, 0) is 14.3 Å². The number of methoxy groups -OCH3 is 3. The van der Waals surface area contributed by atoms with Gasteiger partial charge < -0.3 is 24.2 Å². The Morgan fingerprint density at radius 3 is 2.47 bits per heavy atom. The van der Waals surface area contributed by atoms with E-state index in [9.17, 15) is 14.7 Å². The first-order valence-electron chi connectivity index (χ1n) is 9.79. The number of ketones is 1. The molecule has 9 heteroatoms. The van der Waals surface area contributed by atoms with Crippen molar-refractivity contribution in [2.75, 3.05) is 34.5 Å². The number of aliphatic hydroxyl groups excluding tert-OH is 1. The molecule has 2 aromatic carbocycles. The predicted octanol–water partition coefficient (Wildman–Crippen LogP) is 4.47. The van der Waals surface area contributed by atoms with E-state index in [1.165, 1.54) is 31.3 Å². The number of rotatable bonds is 8. The van der Waals surface area contributed by atoms with E-state index in [1.807, 2.05) is 0 Å². The van der Waals surface area contributed by atoms with Gasteiger partial charge in [0.25, 0.3) is 11.7 Å². The van der Waals surface area contributed by atoms with E-state index in [-0.39, 0.29) is 33.5 Å². The molecule has 0 radical (unpaired) electrons. The molecule has 2 aromatic rings. The number of likely N-dealkylation sites (tertiary alicyclic amines) is 1. The summed E-state index contributed by atoms with van der Waals surface area (Å²) in [5.41, 5.74) is 0.564. The second-order valence-electron chi connectivity index (χ2n) is 7.05. The third kappa shape index (κ3) is 4.41. The number of aliphatic hydroxyl groups is 1. The third-order valence-electron chi connectivity index (χ3n) is 5.19. The number of Topliss-reactive ketones (excluding diaryl/α,β-unsaturated/α-hetero) is 1. The lowest BCUT2D eigenvalue weighted by molar-refractivity contribution is -0.140. The van der Waals surface area contributed by atoms with Gasteiger partial charge in [-0.25, -0.2) is 0 Å². The minimum Gasteiger partial charge on any atom is -0.507 e. The Morgan fingerprint density at radius 1 is 1.09 bits per heavy atom. The molecule has 1 amide bonds. The van der Waals surface area contributed by atoms with Crippen LogP contribution in [0.15, 0.2) is 42.0 Å².